The second-order valence-electron chi connectivity index (χ2n) is 2.30. The summed E-state index contributed by atoms with van der Waals surface area (Å²) in [6.07, 6.45) is 2.83. The second-order valence-corrected chi connectivity index (χ2v) is 2.30. The molecule has 0 aromatic carbocycles. The maximum Gasteiger partial charge on any atom is 0.232 e. The van der Waals surface area contributed by atoms with Gasteiger partial charge in [-0.1, -0.05) is 4.68 Å². The molecule has 0 saturated heterocycles. The first-order chi connectivity index (χ1) is 5.84. The number of rotatable bonds is 2. The van der Waals surface area contributed by atoms with E-state index < -0.39 is 5.95 Å². The zero-order valence-electron chi connectivity index (χ0n) is 6.14. The van der Waals surface area contributed by atoms with E-state index in [1.54, 1.807) is 18.4 Å². The minimum absolute atomic E-state index is 0.415. The molecule has 2 rings (SSSR count). The molecule has 0 atom stereocenters. The number of nitrogens with zero attached hydrogens (tertiary/aromatic N) is 2. The first-order valence-corrected chi connectivity index (χ1v) is 3.40. The molecule has 2 heterocycles. The van der Waals surface area contributed by atoms with Gasteiger partial charge in [0.15, 0.2) is 5.76 Å². The molecule has 5 heteroatoms. The highest BCUT2D eigenvalue weighted by Gasteiger charge is 2.06. The molecule has 0 bridgehead atoms. The van der Waals surface area contributed by atoms with Gasteiger partial charge in [0.05, 0.1) is 11.5 Å². The molecule has 12 heavy (non-hydrogen) atoms. The third-order valence-electron chi connectivity index (χ3n) is 1.39. The molecule has 0 aliphatic rings. The van der Waals surface area contributed by atoms with Gasteiger partial charge in [-0.25, -0.2) is 0 Å². The highest BCUT2D eigenvalue weighted by Crippen LogP contribution is 1.99. The summed E-state index contributed by atoms with van der Waals surface area (Å²) in [4.78, 5) is 0. The normalized spacial score (nSPS) is 10.3. The van der Waals surface area contributed by atoms with E-state index >= 15 is 0 Å². The Hall–Kier alpha value is -1.78. The average molecular weight is 166 g/mol. The quantitative estimate of drug-likeness (QED) is 0.573. The van der Waals surface area contributed by atoms with E-state index in [0.29, 0.717) is 6.54 Å². The average Bonchev–Trinajstić information content (AvgIpc) is 2.63. The maximum absolute atomic E-state index is 10.5. The zero-order chi connectivity index (χ0) is 8.39. The number of hydrogen-bond donors (Lipinski definition) is 0. The zero-order valence-corrected chi connectivity index (χ0v) is 6.14. The van der Waals surface area contributed by atoms with Crippen LogP contribution in [0.4, 0.5) is 0 Å². The third-order valence-corrected chi connectivity index (χ3v) is 1.39. The minimum atomic E-state index is -0.457. The van der Waals surface area contributed by atoms with Crippen LogP contribution in [0.2, 0.25) is 0 Å². The lowest BCUT2D eigenvalue weighted by molar-refractivity contribution is -0.756. The summed E-state index contributed by atoms with van der Waals surface area (Å²) in [6, 6.07) is 3.57. The fourth-order valence-corrected chi connectivity index (χ4v) is 0.898. The summed E-state index contributed by atoms with van der Waals surface area (Å²) >= 11 is 0. The van der Waals surface area contributed by atoms with Crippen LogP contribution in [0.25, 0.3) is 0 Å². The van der Waals surface area contributed by atoms with Gasteiger partial charge in [0, 0.05) is 0 Å². The lowest BCUT2D eigenvalue weighted by Crippen LogP contribution is -2.34. The molecular formula is C7H6N2O3. The first kappa shape index (κ1) is 6.90. The molecule has 2 aromatic rings. The van der Waals surface area contributed by atoms with Gasteiger partial charge in [-0.3, -0.25) is 0 Å². The molecule has 0 fully saturated rings. The van der Waals surface area contributed by atoms with Crippen molar-refractivity contribution in [2.75, 3.05) is 0 Å². The van der Waals surface area contributed by atoms with Gasteiger partial charge in [0.25, 0.3) is 0 Å². The van der Waals surface area contributed by atoms with Crippen LogP contribution in [-0.4, -0.2) is 5.27 Å². The van der Waals surface area contributed by atoms with Crippen molar-refractivity contribution in [1.29, 1.82) is 0 Å². The van der Waals surface area contributed by atoms with Crippen LogP contribution in [0.15, 0.2) is 33.5 Å². The number of furan rings is 1. The summed E-state index contributed by atoms with van der Waals surface area (Å²) in [5.74, 6) is 0.273. The van der Waals surface area contributed by atoms with Gasteiger partial charge in [-0.05, 0) is 12.1 Å². The smallest absolute Gasteiger partial charge is 0.232 e. The van der Waals surface area contributed by atoms with Crippen LogP contribution in [0, 0.1) is 0 Å². The fourth-order valence-electron chi connectivity index (χ4n) is 0.898. The van der Waals surface area contributed by atoms with Crippen LogP contribution in [0.5, 0.6) is 5.95 Å². The van der Waals surface area contributed by atoms with E-state index in [9.17, 15) is 5.11 Å². The van der Waals surface area contributed by atoms with Crippen LogP contribution >= 0.6 is 0 Å². The summed E-state index contributed by atoms with van der Waals surface area (Å²) in [6.45, 7) is 0.415. The van der Waals surface area contributed by atoms with Gasteiger partial charge in [-0.2, -0.15) is 0 Å². The molecule has 2 aromatic heterocycles. The molecular weight excluding hydrogens is 160 g/mol. The molecule has 0 radical (unpaired) electrons. The minimum Gasteiger partial charge on any atom is -0.539 e. The van der Waals surface area contributed by atoms with Gasteiger partial charge < -0.3 is 14.0 Å². The summed E-state index contributed by atoms with van der Waals surface area (Å²) in [5, 5.41) is 14.0. The Bertz CT molecular complexity index is 352. The maximum atomic E-state index is 10.5. The molecule has 0 amide bonds. The largest absolute Gasteiger partial charge is 0.539 e. The Morgan fingerprint density at radius 3 is 3.08 bits per heavy atom. The van der Waals surface area contributed by atoms with E-state index in [1.165, 1.54) is 10.9 Å². The van der Waals surface area contributed by atoms with Gasteiger partial charge in [0.2, 0.25) is 12.7 Å². The van der Waals surface area contributed by atoms with E-state index in [2.05, 4.69) is 9.79 Å². The molecule has 0 N–H and O–H groups in total. The topological polar surface area (TPSA) is 66.1 Å². The highest BCUT2D eigenvalue weighted by molar-refractivity contribution is 4.95. The molecule has 0 saturated carbocycles. The van der Waals surface area contributed by atoms with Crippen molar-refractivity contribution in [3.05, 3.63) is 30.4 Å². The molecule has 0 spiro atoms. The Morgan fingerprint density at radius 2 is 2.50 bits per heavy atom. The first-order valence-electron chi connectivity index (χ1n) is 3.40. The molecule has 0 aliphatic carbocycles. The van der Waals surface area contributed by atoms with Crippen LogP contribution in [0.1, 0.15) is 5.76 Å². The predicted octanol–water partition coefficient (Wildman–Crippen LogP) is -0.323. The van der Waals surface area contributed by atoms with E-state index in [4.69, 9.17) is 4.42 Å². The third kappa shape index (κ3) is 1.29. The Balaban J connectivity index is 2.14. The van der Waals surface area contributed by atoms with Crippen molar-refractivity contribution in [2.45, 2.75) is 6.54 Å². The molecule has 0 aliphatic heterocycles. The lowest BCUT2D eigenvalue weighted by atomic mass is 10.4. The van der Waals surface area contributed by atoms with Gasteiger partial charge >= 0.3 is 0 Å². The standard InChI is InChI=1S/C7H6N2O3/c10-7-5-9(8-12-7)4-6-2-1-3-11-6/h1-3,5H,4H2. The Morgan fingerprint density at radius 1 is 1.58 bits per heavy atom. The molecule has 62 valence electrons. The second kappa shape index (κ2) is 2.69. The van der Waals surface area contributed by atoms with Crippen molar-refractivity contribution >= 4 is 0 Å². The lowest BCUT2D eigenvalue weighted by Gasteiger charge is -1.83. The van der Waals surface area contributed by atoms with Crippen molar-refractivity contribution in [2.24, 2.45) is 0 Å². The highest BCUT2D eigenvalue weighted by atomic mass is 16.6. The summed E-state index contributed by atoms with van der Waals surface area (Å²) in [7, 11) is 0. The Kier molecular flexibility index (Phi) is 1.55. The SMILES string of the molecule is [O-]c1c[n+](Cc2ccco2)no1. The van der Waals surface area contributed by atoms with Crippen molar-refractivity contribution in [1.82, 2.24) is 5.27 Å². The summed E-state index contributed by atoms with van der Waals surface area (Å²) in [5.41, 5.74) is 0. The number of aromatic nitrogens is 2. The van der Waals surface area contributed by atoms with Crippen LogP contribution in [0.3, 0.4) is 0 Å². The monoisotopic (exact) mass is 166 g/mol. The van der Waals surface area contributed by atoms with Crippen molar-refractivity contribution in [3.63, 3.8) is 0 Å². The number of hydrogen-bond acceptors (Lipinski definition) is 4. The summed E-state index contributed by atoms with van der Waals surface area (Å²) < 4.78 is 10.7. The van der Waals surface area contributed by atoms with Crippen molar-refractivity contribution in [3.8, 4) is 5.95 Å². The van der Waals surface area contributed by atoms with Gasteiger partial charge in [-0.15, -0.1) is 0 Å². The van der Waals surface area contributed by atoms with Gasteiger partial charge in [0.1, 0.15) is 5.95 Å². The van der Waals surface area contributed by atoms with E-state index in [0.717, 1.165) is 5.76 Å². The van der Waals surface area contributed by atoms with Crippen LogP contribution in [-0.2, 0) is 6.54 Å². The van der Waals surface area contributed by atoms with E-state index in [-0.39, 0.29) is 0 Å². The predicted molar refractivity (Wildman–Crippen MR) is 34.0 cm³/mol. The van der Waals surface area contributed by atoms with Crippen LogP contribution < -0.4 is 9.79 Å². The van der Waals surface area contributed by atoms with E-state index in [1.807, 2.05) is 0 Å². The molecule has 5 nitrogen and oxygen atoms in total. The fraction of sp³-hybridized carbons (Fsp3) is 0.143. The molecule has 0 unspecified atom stereocenters. The van der Waals surface area contributed by atoms with Crippen molar-refractivity contribution < 1.29 is 18.7 Å². The Labute approximate surface area is 67.8 Å².